The summed E-state index contributed by atoms with van der Waals surface area (Å²) in [7, 11) is 1.56. The number of benzene rings is 1. The number of ether oxygens (including phenoxy) is 2. The van der Waals surface area contributed by atoms with E-state index >= 15 is 0 Å². The fourth-order valence-electron chi connectivity index (χ4n) is 3.18. The Labute approximate surface area is 169 Å². The largest absolute Gasteiger partial charge is 0.497 e. The Morgan fingerprint density at radius 3 is 2.63 bits per heavy atom. The summed E-state index contributed by atoms with van der Waals surface area (Å²) in [6, 6.07) is 9.60. The van der Waals surface area contributed by atoms with Gasteiger partial charge in [0.05, 0.1) is 20.0 Å². The van der Waals surface area contributed by atoms with Crippen molar-refractivity contribution in [1.82, 2.24) is 19.1 Å². The lowest BCUT2D eigenvalue weighted by Gasteiger charge is -2.16. The zero-order valence-electron chi connectivity index (χ0n) is 15.8. The van der Waals surface area contributed by atoms with Crippen molar-refractivity contribution in [3.8, 4) is 17.7 Å². The summed E-state index contributed by atoms with van der Waals surface area (Å²) in [4.78, 5) is 21.0. The number of imidazole rings is 1. The van der Waals surface area contributed by atoms with Crippen LogP contribution in [0, 0.1) is 12.0 Å². The minimum absolute atomic E-state index is 0.0361. The molecule has 11 nitrogen and oxygen atoms in total. The number of nitrogens with two attached hydrogens (primary N) is 1. The number of nitrogens with zero attached hydrogens (tertiary/aromatic N) is 4. The second-order valence-electron chi connectivity index (χ2n) is 6.63. The molecule has 0 aliphatic carbocycles. The number of hydrogen-bond donors (Lipinski definition) is 4. The fourth-order valence-corrected chi connectivity index (χ4v) is 3.18. The van der Waals surface area contributed by atoms with Crippen LogP contribution < -0.4 is 16.0 Å². The SMILES string of the molecule is COc1ccc(C#Cn2c(N)nc3c(ncn3[C@@H]3O[C@H](CO)[C@@H](O)[C@H]3O)c2=O)cc1. The van der Waals surface area contributed by atoms with Crippen molar-refractivity contribution >= 4 is 17.1 Å². The van der Waals surface area contributed by atoms with Crippen LogP contribution in [0.4, 0.5) is 5.95 Å². The van der Waals surface area contributed by atoms with Crippen LogP contribution in [-0.2, 0) is 4.74 Å². The van der Waals surface area contributed by atoms with Gasteiger partial charge in [-0.05, 0) is 30.2 Å². The number of hydrogen-bond acceptors (Lipinski definition) is 9. The molecule has 0 unspecified atom stereocenters. The molecule has 1 aliphatic heterocycles. The highest BCUT2D eigenvalue weighted by atomic mass is 16.6. The average molecular weight is 413 g/mol. The molecule has 1 saturated heterocycles. The molecular weight excluding hydrogens is 394 g/mol. The molecular formula is C19H19N5O6. The molecule has 0 radical (unpaired) electrons. The van der Waals surface area contributed by atoms with Crippen molar-refractivity contribution in [3.63, 3.8) is 0 Å². The Kier molecular flexibility index (Phi) is 5.15. The Hall–Kier alpha value is -3.43. The third-order valence-corrected chi connectivity index (χ3v) is 4.82. The lowest BCUT2D eigenvalue weighted by atomic mass is 10.1. The summed E-state index contributed by atoms with van der Waals surface area (Å²) in [6.45, 7) is -0.481. The van der Waals surface area contributed by atoms with Gasteiger partial charge in [0.25, 0.3) is 5.56 Å². The monoisotopic (exact) mass is 413 g/mol. The number of nitrogen functional groups attached to an aromatic ring is 1. The topological polar surface area (TPSA) is 158 Å². The molecule has 5 N–H and O–H groups in total. The number of aliphatic hydroxyl groups excluding tert-OH is 3. The zero-order valence-corrected chi connectivity index (χ0v) is 15.8. The lowest BCUT2D eigenvalue weighted by Crippen LogP contribution is -2.33. The molecule has 1 fully saturated rings. The van der Waals surface area contributed by atoms with Crippen LogP contribution in [-0.4, -0.2) is 66.5 Å². The predicted octanol–water partition coefficient (Wildman–Crippen LogP) is -1.35. The van der Waals surface area contributed by atoms with E-state index in [0.717, 1.165) is 4.57 Å². The zero-order chi connectivity index (χ0) is 21.4. The second-order valence-corrected chi connectivity index (χ2v) is 6.63. The molecule has 156 valence electrons. The highest BCUT2D eigenvalue weighted by Gasteiger charge is 2.44. The van der Waals surface area contributed by atoms with E-state index in [1.165, 1.54) is 10.9 Å². The normalized spacial score (nSPS) is 23.3. The van der Waals surface area contributed by atoms with Gasteiger partial charge in [-0.3, -0.25) is 9.36 Å². The molecule has 1 aromatic carbocycles. The van der Waals surface area contributed by atoms with E-state index in [-0.39, 0.29) is 17.1 Å². The van der Waals surface area contributed by atoms with E-state index in [4.69, 9.17) is 15.2 Å². The van der Waals surface area contributed by atoms with E-state index < -0.39 is 36.7 Å². The van der Waals surface area contributed by atoms with Crippen molar-refractivity contribution in [2.24, 2.45) is 0 Å². The highest BCUT2D eigenvalue weighted by Crippen LogP contribution is 2.30. The molecule has 0 spiro atoms. The van der Waals surface area contributed by atoms with Crippen LogP contribution in [0.2, 0.25) is 0 Å². The molecule has 3 aromatic rings. The number of anilines is 1. The van der Waals surface area contributed by atoms with Crippen LogP contribution in [0.1, 0.15) is 11.8 Å². The molecule has 4 atom stereocenters. The van der Waals surface area contributed by atoms with Crippen molar-refractivity contribution in [3.05, 3.63) is 46.5 Å². The number of aliphatic hydroxyl groups is 3. The third-order valence-electron chi connectivity index (χ3n) is 4.82. The van der Waals surface area contributed by atoms with Gasteiger partial charge < -0.3 is 30.5 Å². The van der Waals surface area contributed by atoms with Gasteiger partial charge in [0.15, 0.2) is 17.4 Å². The van der Waals surface area contributed by atoms with Gasteiger partial charge in [-0.2, -0.15) is 4.98 Å². The average Bonchev–Trinajstić information content (AvgIpc) is 3.29. The van der Waals surface area contributed by atoms with Gasteiger partial charge in [-0.1, -0.05) is 0 Å². The standard InChI is InChI=1S/C19H19N5O6/c1-29-11-4-2-10(3-5-11)6-7-23-17(28)13-16(22-19(23)20)24(9-21-13)18-15(27)14(26)12(8-25)30-18/h2-5,9,12,14-15,18,25-27H,8H2,1H3,(H2,20,22)/t12-,14-,15-,18-/m1/s1. The molecule has 1 aliphatic rings. The molecule has 30 heavy (non-hydrogen) atoms. The van der Waals surface area contributed by atoms with Gasteiger partial charge in [0.2, 0.25) is 5.95 Å². The Balaban J connectivity index is 1.72. The maximum atomic E-state index is 12.8. The molecule has 2 aromatic heterocycles. The van der Waals surface area contributed by atoms with Gasteiger partial charge in [-0.25, -0.2) is 9.55 Å². The summed E-state index contributed by atoms with van der Waals surface area (Å²) >= 11 is 0. The first kappa shape index (κ1) is 19.9. The number of aromatic nitrogens is 4. The van der Waals surface area contributed by atoms with Gasteiger partial charge in [0, 0.05) is 11.6 Å². The molecule has 0 amide bonds. The van der Waals surface area contributed by atoms with E-state index in [1.54, 1.807) is 31.4 Å². The summed E-state index contributed by atoms with van der Waals surface area (Å²) in [6.07, 6.45) is -3.46. The second kappa shape index (κ2) is 7.77. The molecule has 0 bridgehead atoms. The van der Waals surface area contributed by atoms with Crippen LogP contribution in [0.25, 0.3) is 11.2 Å². The molecule has 11 heteroatoms. The van der Waals surface area contributed by atoms with Gasteiger partial charge in [0.1, 0.15) is 24.1 Å². The maximum Gasteiger partial charge on any atom is 0.295 e. The summed E-state index contributed by atoms with van der Waals surface area (Å²) < 4.78 is 12.8. The first-order valence-electron chi connectivity index (χ1n) is 8.98. The van der Waals surface area contributed by atoms with Crippen molar-refractivity contribution in [2.45, 2.75) is 24.5 Å². The minimum atomic E-state index is -1.35. The van der Waals surface area contributed by atoms with Crippen molar-refractivity contribution < 1.29 is 24.8 Å². The lowest BCUT2D eigenvalue weighted by molar-refractivity contribution is -0.0511. The van der Waals surface area contributed by atoms with Crippen LogP contribution in [0.5, 0.6) is 5.75 Å². The molecule has 0 saturated carbocycles. The van der Waals surface area contributed by atoms with Gasteiger partial charge in [-0.15, -0.1) is 0 Å². The Morgan fingerprint density at radius 2 is 2.00 bits per heavy atom. The van der Waals surface area contributed by atoms with E-state index in [9.17, 15) is 20.1 Å². The number of fused-ring (bicyclic) bond motifs is 1. The van der Waals surface area contributed by atoms with Crippen LogP contribution in [0.3, 0.4) is 0 Å². The number of methoxy groups -OCH3 is 1. The first-order valence-corrected chi connectivity index (χ1v) is 8.98. The smallest absolute Gasteiger partial charge is 0.295 e. The molecule has 3 heterocycles. The fraction of sp³-hybridized carbons (Fsp3) is 0.316. The third kappa shape index (κ3) is 3.27. The van der Waals surface area contributed by atoms with Crippen molar-refractivity contribution in [2.75, 3.05) is 19.5 Å². The highest BCUT2D eigenvalue weighted by molar-refractivity contribution is 5.71. The maximum absolute atomic E-state index is 12.8. The van der Waals surface area contributed by atoms with Crippen LogP contribution in [0.15, 0.2) is 35.4 Å². The summed E-state index contributed by atoms with van der Waals surface area (Å²) in [5, 5.41) is 29.4. The Morgan fingerprint density at radius 1 is 1.27 bits per heavy atom. The Bertz CT molecular complexity index is 1190. The van der Waals surface area contributed by atoms with E-state index in [0.29, 0.717) is 11.3 Å². The van der Waals surface area contributed by atoms with Gasteiger partial charge >= 0.3 is 0 Å². The summed E-state index contributed by atoms with van der Waals surface area (Å²) in [5.41, 5.74) is 6.01. The quantitative estimate of drug-likeness (QED) is 0.381. The number of rotatable bonds is 3. The van der Waals surface area contributed by atoms with E-state index in [1.807, 2.05) is 0 Å². The predicted molar refractivity (Wildman–Crippen MR) is 104 cm³/mol. The van der Waals surface area contributed by atoms with E-state index in [2.05, 4.69) is 21.9 Å². The van der Waals surface area contributed by atoms with Crippen molar-refractivity contribution in [1.29, 1.82) is 0 Å². The molecule has 4 rings (SSSR count). The first-order chi connectivity index (χ1) is 14.4. The summed E-state index contributed by atoms with van der Waals surface area (Å²) in [5.74, 6) is 3.32. The van der Waals surface area contributed by atoms with Crippen LogP contribution >= 0.6 is 0 Å². The minimum Gasteiger partial charge on any atom is -0.497 e.